The van der Waals surface area contributed by atoms with Crippen molar-refractivity contribution in [2.45, 2.75) is 24.4 Å². The highest BCUT2D eigenvalue weighted by Crippen LogP contribution is 2.22. The Bertz CT molecular complexity index is 840. The number of carbonyl (C=O) groups is 1. The van der Waals surface area contributed by atoms with Gasteiger partial charge in [0.25, 0.3) is 15.9 Å². The van der Waals surface area contributed by atoms with Gasteiger partial charge in [0.05, 0.1) is 0 Å². The molecule has 8 heteroatoms. The number of sulfonamides is 1. The number of halogens is 1. The summed E-state index contributed by atoms with van der Waals surface area (Å²) in [5.74, 6) is -0.836. The molecule has 3 rings (SSSR count). The van der Waals surface area contributed by atoms with Gasteiger partial charge in [-0.05, 0) is 49.1 Å². The number of hydrogen-bond acceptors (Lipinski definition) is 4. The third-order valence-corrected chi connectivity index (χ3v) is 5.85. The lowest BCUT2D eigenvalue weighted by Gasteiger charge is -2.12. The van der Waals surface area contributed by atoms with Crippen molar-refractivity contribution in [1.82, 2.24) is 9.62 Å². The van der Waals surface area contributed by atoms with E-state index in [0.717, 1.165) is 18.4 Å². The molecule has 1 N–H and O–H groups in total. The minimum absolute atomic E-state index is 0.0446. The molecule has 0 aliphatic carbocycles. The number of furan rings is 1. The maximum atomic E-state index is 12.8. The number of rotatable bonds is 6. The van der Waals surface area contributed by atoms with E-state index in [1.165, 1.54) is 28.6 Å². The fourth-order valence-electron chi connectivity index (χ4n) is 2.70. The van der Waals surface area contributed by atoms with Gasteiger partial charge in [0.15, 0.2) is 5.76 Å². The second-order valence-electron chi connectivity index (χ2n) is 5.86. The highest BCUT2D eigenvalue weighted by atomic mass is 32.2. The summed E-state index contributed by atoms with van der Waals surface area (Å²) < 4.78 is 44.2. The van der Waals surface area contributed by atoms with E-state index < -0.39 is 15.9 Å². The van der Waals surface area contributed by atoms with Crippen LogP contribution in [-0.4, -0.2) is 38.3 Å². The monoisotopic (exact) mass is 366 g/mol. The van der Waals surface area contributed by atoms with Gasteiger partial charge in [0, 0.05) is 19.6 Å². The maximum absolute atomic E-state index is 12.8. The summed E-state index contributed by atoms with van der Waals surface area (Å²) in [6.07, 6.45) is 2.19. The third kappa shape index (κ3) is 4.08. The highest BCUT2D eigenvalue weighted by Gasteiger charge is 2.30. The third-order valence-electron chi connectivity index (χ3n) is 4.08. The van der Waals surface area contributed by atoms with Crippen LogP contribution in [0.5, 0.6) is 0 Å². The summed E-state index contributed by atoms with van der Waals surface area (Å²) in [7, 11) is -3.67. The van der Waals surface area contributed by atoms with E-state index in [1.807, 2.05) is 0 Å². The first-order valence-electron chi connectivity index (χ1n) is 8.09. The van der Waals surface area contributed by atoms with Crippen LogP contribution in [0.15, 0.2) is 45.9 Å². The lowest BCUT2D eigenvalue weighted by Crippen LogP contribution is -2.27. The molecule has 0 atom stereocenters. The van der Waals surface area contributed by atoms with Gasteiger partial charge in [0.2, 0.25) is 5.09 Å². The Morgan fingerprint density at radius 3 is 2.48 bits per heavy atom. The van der Waals surface area contributed by atoms with Crippen molar-refractivity contribution in [2.75, 3.05) is 19.6 Å². The van der Waals surface area contributed by atoms with Gasteiger partial charge in [0.1, 0.15) is 5.82 Å². The zero-order valence-electron chi connectivity index (χ0n) is 13.6. The second-order valence-corrected chi connectivity index (χ2v) is 7.73. The van der Waals surface area contributed by atoms with Crippen LogP contribution in [0.3, 0.4) is 0 Å². The summed E-state index contributed by atoms with van der Waals surface area (Å²) in [6, 6.07) is 8.68. The van der Waals surface area contributed by atoms with E-state index in [-0.39, 0.29) is 16.7 Å². The van der Waals surface area contributed by atoms with Crippen LogP contribution in [-0.2, 0) is 16.4 Å². The van der Waals surface area contributed by atoms with Crippen molar-refractivity contribution in [3.63, 3.8) is 0 Å². The molecule has 2 heterocycles. The van der Waals surface area contributed by atoms with Crippen molar-refractivity contribution >= 4 is 15.9 Å². The Morgan fingerprint density at radius 1 is 1.12 bits per heavy atom. The summed E-state index contributed by atoms with van der Waals surface area (Å²) in [6.45, 7) is 1.28. The molecule has 0 unspecified atom stereocenters. The molecule has 0 radical (unpaired) electrons. The van der Waals surface area contributed by atoms with Crippen LogP contribution >= 0.6 is 0 Å². The van der Waals surface area contributed by atoms with E-state index >= 15 is 0 Å². The molecular weight excluding hydrogens is 347 g/mol. The van der Waals surface area contributed by atoms with Gasteiger partial charge in [-0.1, -0.05) is 12.1 Å². The zero-order valence-corrected chi connectivity index (χ0v) is 14.4. The number of carbonyl (C=O) groups excluding carboxylic acids is 1. The van der Waals surface area contributed by atoms with Gasteiger partial charge in [-0.2, -0.15) is 4.31 Å². The fraction of sp³-hybridized carbons (Fsp3) is 0.353. The predicted octanol–water partition coefficient (Wildman–Crippen LogP) is 2.18. The Morgan fingerprint density at radius 2 is 1.80 bits per heavy atom. The SMILES string of the molecule is O=C(NCCc1ccc(F)cc1)c1ccc(S(=O)(=O)N2CCCC2)o1. The normalized spacial score (nSPS) is 15.4. The van der Waals surface area contributed by atoms with Crippen LogP contribution in [0.1, 0.15) is 29.0 Å². The Kier molecular flexibility index (Phi) is 5.19. The molecule has 0 spiro atoms. The molecule has 1 saturated heterocycles. The number of nitrogens with zero attached hydrogens (tertiary/aromatic N) is 1. The largest absolute Gasteiger partial charge is 0.438 e. The minimum Gasteiger partial charge on any atom is -0.438 e. The van der Waals surface area contributed by atoms with Crippen molar-refractivity contribution in [2.24, 2.45) is 0 Å². The smallest absolute Gasteiger partial charge is 0.287 e. The van der Waals surface area contributed by atoms with Gasteiger partial charge >= 0.3 is 0 Å². The molecule has 0 bridgehead atoms. The van der Waals surface area contributed by atoms with Crippen molar-refractivity contribution in [1.29, 1.82) is 0 Å². The van der Waals surface area contributed by atoms with E-state index in [0.29, 0.717) is 26.1 Å². The van der Waals surface area contributed by atoms with E-state index in [9.17, 15) is 17.6 Å². The predicted molar refractivity (Wildman–Crippen MR) is 89.1 cm³/mol. The summed E-state index contributed by atoms with van der Waals surface area (Å²) in [5.41, 5.74) is 0.887. The molecular formula is C17H19FN2O4S. The first-order chi connectivity index (χ1) is 12.0. The zero-order chi connectivity index (χ0) is 17.9. The molecule has 134 valence electrons. The van der Waals surface area contributed by atoms with E-state index in [2.05, 4.69) is 5.32 Å². The average Bonchev–Trinajstić information content (AvgIpc) is 3.29. The quantitative estimate of drug-likeness (QED) is 0.850. The Hall–Kier alpha value is -2.19. The van der Waals surface area contributed by atoms with Crippen molar-refractivity contribution in [3.05, 3.63) is 53.5 Å². The standard InChI is InChI=1S/C17H19FN2O4S/c18-14-5-3-13(4-6-14)9-10-19-17(21)15-7-8-16(24-15)25(22,23)20-11-1-2-12-20/h3-8H,1-2,9-12H2,(H,19,21). The molecule has 2 aromatic rings. The summed E-state index contributed by atoms with van der Waals surface area (Å²) in [5, 5.41) is 2.45. The number of amides is 1. The first kappa shape index (κ1) is 17.6. The number of benzene rings is 1. The van der Waals surface area contributed by atoms with E-state index in [1.54, 1.807) is 12.1 Å². The maximum Gasteiger partial charge on any atom is 0.287 e. The fourth-order valence-corrected chi connectivity index (χ4v) is 4.12. The molecule has 1 aromatic heterocycles. The van der Waals surface area contributed by atoms with Crippen LogP contribution in [0, 0.1) is 5.82 Å². The first-order valence-corrected chi connectivity index (χ1v) is 9.53. The number of nitrogens with one attached hydrogen (secondary N) is 1. The highest BCUT2D eigenvalue weighted by molar-refractivity contribution is 7.89. The Balaban J connectivity index is 1.58. The van der Waals surface area contributed by atoms with Gasteiger partial charge in [-0.25, -0.2) is 12.8 Å². The van der Waals surface area contributed by atoms with Gasteiger partial charge in [-0.3, -0.25) is 4.79 Å². The molecule has 6 nitrogen and oxygen atoms in total. The summed E-state index contributed by atoms with van der Waals surface area (Å²) >= 11 is 0. The molecule has 25 heavy (non-hydrogen) atoms. The molecule has 1 aliphatic heterocycles. The average molecular weight is 366 g/mol. The van der Waals surface area contributed by atoms with Crippen LogP contribution in [0.2, 0.25) is 0 Å². The topological polar surface area (TPSA) is 79.6 Å². The minimum atomic E-state index is -3.67. The molecule has 1 aliphatic rings. The Labute approximate surface area is 145 Å². The van der Waals surface area contributed by atoms with Crippen LogP contribution in [0.4, 0.5) is 4.39 Å². The lowest BCUT2D eigenvalue weighted by atomic mass is 10.1. The second kappa shape index (κ2) is 7.37. The van der Waals surface area contributed by atoms with Crippen LogP contribution < -0.4 is 5.32 Å². The number of hydrogen-bond donors (Lipinski definition) is 1. The van der Waals surface area contributed by atoms with Gasteiger partial charge < -0.3 is 9.73 Å². The summed E-state index contributed by atoms with van der Waals surface area (Å²) in [4.78, 5) is 12.1. The molecule has 0 saturated carbocycles. The van der Waals surface area contributed by atoms with Crippen molar-refractivity contribution < 1.29 is 22.0 Å². The van der Waals surface area contributed by atoms with Crippen LogP contribution in [0.25, 0.3) is 0 Å². The van der Waals surface area contributed by atoms with Crippen molar-refractivity contribution in [3.8, 4) is 0 Å². The van der Waals surface area contributed by atoms with Gasteiger partial charge in [-0.15, -0.1) is 0 Å². The molecule has 1 aromatic carbocycles. The molecule has 1 fully saturated rings. The molecule has 1 amide bonds. The van der Waals surface area contributed by atoms with E-state index in [4.69, 9.17) is 4.42 Å². The lowest BCUT2D eigenvalue weighted by molar-refractivity contribution is 0.0921.